The molecule has 1 N–H and O–H groups in total. The molecule has 2 aromatic carbocycles. The highest BCUT2D eigenvalue weighted by Gasteiger charge is 2.30. The van der Waals surface area contributed by atoms with Gasteiger partial charge in [-0.25, -0.2) is 0 Å². The maximum Gasteiger partial charge on any atom is 0.261 e. The zero-order valence-corrected chi connectivity index (χ0v) is 18.9. The first-order valence-corrected chi connectivity index (χ1v) is 10.8. The lowest BCUT2D eigenvalue weighted by Gasteiger charge is -2.31. The lowest BCUT2D eigenvalue weighted by molar-refractivity contribution is -0.143. The van der Waals surface area contributed by atoms with Gasteiger partial charge in [0, 0.05) is 17.6 Å². The highest BCUT2D eigenvalue weighted by atomic mass is 35.5. The molecule has 5 nitrogen and oxygen atoms in total. The Kier molecular flexibility index (Phi) is 9.18. The van der Waals surface area contributed by atoms with Gasteiger partial charge in [-0.2, -0.15) is 0 Å². The van der Waals surface area contributed by atoms with Crippen LogP contribution in [0.3, 0.4) is 0 Å². The molecule has 0 aliphatic heterocycles. The quantitative estimate of drug-likeness (QED) is 0.591. The minimum Gasteiger partial charge on any atom is -0.484 e. The summed E-state index contributed by atoms with van der Waals surface area (Å²) in [5, 5.41) is 3.55. The van der Waals surface area contributed by atoms with Crippen molar-refractivity contribution in [3.05, 3.63) is 64.7 Å². The number of amides is 2. The number of rotatable bonds is 10. The summed E-state index contributed by atoms with van der Waals surface area (Å²) in [5.41, 5.74) is 1.74. The summed E-state index contributed by atoms with van der Waals surface area (Å²) in [4.78, 5) is 27.7. The summed E-state index contributed by atoms with van der Waals surface area (Å²) in [6.45, 7) is 7.87. The van der Waals surface area contributed by atoms with E-state index in [4.69, 9.17) is 16.3 Å². The second kappa shape index (κ2) is 11.6. The Morgan fingerprint density at radius 1 is 1.07 bits per heavy atom. The van der Waals surface area contributed by atoms with Crippen molar-refractivity contribution in [1.29, 1.82) is 0 Å². The SMILES string of the molecule is CCC(C)NC(=O)C(CC)N(Cc1ccccc1Cl)C(=O)COc1ccccc1C. The van der Waals surface area contributed by atoms with E-state index in [2.05, 4.69) is 5.32 Å². The van der Waals surface area contributed by atoms with Gasteiger partial charge in [0.15, 0.2) is 6.61 Å². The van der Waals surface area contributed by atoms with E-state index in [-0.39, 0.29) is 31.0 Å². The van der Waals surface area contributed by atoms with Gasteiger partial charge in [-0.15, -0.1) is 0 Å². The minimum absolute atomic E-state index is 0.0343. The molecular formula is C24H31ClN2O3. The molecule has 30 heavy (non-hydrogen) atoms. The highest BCUT2D eigenvalue weighted by molar-refractivity contribution is 6.31. The van der Waals surface area contributed by atoms with Gasteiger partial charge >= 0.3 is 0 Å². The summed E-state index contributed by atoms with van der Waals surface area (Å²) >= 11 is 6.33. The minimum atomic E-state index is -0.608. The molecule has 0 spiro atoms. The zero-order valence-electron chi connectivity index (χ0n) is 18.2. The van der Waals surface area contributed by atoms with Gasteiger partial charge in [0.25, 0.3) is 5.91 Å². The van der Waals surface area contributed by atoms with Crippen LogP contribution in [0.1, 0.15) is 44.7 Å². The molecule has 0 aliphatic rings. The lowest BCUT2D eigenvalue weighted by atomic mass is 10.1. The number of hydrogen-bond acceptors (Lipinski definition) is 3. The summed E-state index contributed by atoms with van der Waals surface area (Å²) in [5.74, 6) is 0.230. The van der Waals surface area contributed by atoms with E-state index in [9.17, 15) is 9.59 Å². The van der Waals surface area contributed by atoms with E-state index in [1.807, 2.05) is 70.2 Å². The van der Waals surface area contributed by atoms with Crippen LogP contribution in [0.4, 0.5) is 0 Å². The van der Waals surface area contributed by atoms with Gasteiger partial charge in [-0.3, -0.25) is 9.59 Å². The summed E-state index contributed by atoms with van der Waals surface area (Å²) in [7, 11) is 0. The largest absolute Gasteiger partial charge is 0.484 e. The number of nitrogens with zero attached hydrogens (tertiary/aromatic N) is 1. The summed E-state index contributed by atoms with van der Waals surface area (Å²) < 4.78 is 5.77. The molecule has 2 amide bonds. The van der Waals surface area contributed by atoms with E-state index in [1.165, 1.54) is 0 Å². The Morgan fingerprint density at radius 2 is 1.73 bits per heavy atom. The fourth-order valence-electron chi connectivity index (χ4n) is 3.11. The Labute approximate surface area is 184 Å². The Bertz CT molecular complexity index is 856. The average Bonchev–Trinajstić information content (AvgIpc) is 2.74. The van der Waals surface area contributed by atoms with Crippen molar-refractivity contribution in [2.24, 2.45) is 0 Å². The van der Waals surface area contributed by atoms with Gasteiger partial charge in [-0.1, -0.05) is 61.8 Å². The van der Waals surface area contributed by atoms with Crippen LogP contribution in [0.5, 0.6) is 5.75 Å². The Morgan fingerprint density at radius 3 is 2.37 bits per heavy atom. The molecule has 0 aliphatic carbocycles. The number of aryl methyl sites for hydroxylation is 1. The maximum atomic E-state index is 13.2. The number of carbonyl (C=O) groups excluding carboxylic acids is 2. The smallest absolute Gasteiger partial charge is 0.261 e. The zero-order chi connectivity index (χ0) is 22.1. The van der Waals surface area contributed by atoms with Crippen LogP contribution >= 0.6 is 11.6 Å². The molecule has 0 aromatic heterocycles. The molecule has 2 aromatic rings. The molecule has 2 rings (SSSR count). The van der Waals surface area contributed by atoms with Gasteiger partial charge in [-0.05, 0) is 49.9 Å². The molecule has 2 atom stereocenters. The van der Waals surface area contributed by atoms with Gasteiger partial charge < -0.3 is 15.0 Å². The molecule has 0 saturated carbocycles. The van der Waals surface area contributed by atoms with E-state index < -0.39 is 6.04 Å². The molecular weight excluding hydrogens is 400 g/mol. The first-order valence-electron chi connectivity index (χ1n) is 10.4. The van der Waals surface area contributed by atoms with Gasteiger partial charge in [0.2, 0.25) is 5.91 Å². The van der Waals surface area contributed by atoms with Crippen LogP contribution in [0.15, 0.2) is 48.5 Å². The third kappa shape index (κ3) is 6.49. The third-order valence-electron chi connectivity index (χ3n) is 5.13. The van der Waals surface area contributed by atoms with Crippen molar-refractivity contribution in [3.8, 4) is 5.75 Å². The lowest BCUT2D eigenvalue weighted by Crippen LogP contribution is -2.51. The number of para-hydroxylation sites is 1. The predicted molar refractivity (Wildman–Crippen MR) is 121 cm³/mol. The van der Waals surface area contributed by atoms with Crippen LogP contribution in [0.25, 0.3) is 0 Å². The summed E-state index contributed by atoms with van der Waals surface area (Å²) in [6, 6.07) is 14.3. The average molecular weight is 431 g/mol. The first-order chi connectivity index (χ1) is 14.4. The van der Waals surface area contributed by atoms with Crippen molar-refractivity contribution in [2.45, 2.75) is 59.2 Å². The van der Waals surface area contributed by atoms with E-state index >= 15 is 0 Å². The molecule has 0 heterocycles. The normalized spacial score (nSPS) is 12.7. The molecule has 0 radical (unpaired) electrons. The molecule has 162 valence electrons. The Balaban J connectivity index is 2.24. The number of nitrogens with one attached hydrogen (secondary N) is 1. The number of carbonyl (C=O) groups is 2. The highest BCUT2D eigenvalue weighted by Crippen LogP contribution is 2.21. The van der Waals surface area contributed by atoms with Crippen LogP contribution in [-0.2, 0) is 16.1 Å². The third-order valence-corrected chi connectivity index (χ3v) is 5.50. The monoisotopic (exact) mass is 430 g/mol. The second-order valence-electron chi connectivity index (χ2n) is 7.41. The van der Waals surface area contributed by atoms with Crippen LogP contribution in [0.2, 0.25) is 5.02 Å². The van der Waals surface area contributed by atoms with Crippen molar-refractivity contribution in [1.82, 2.24) is 10.2 Å². The van der Waals surface area contributed by atoms with E-state index in [0.717, 1.165) is 17.5 Å². The summed E-state index contributed by atoms with van der Waals surface area (Å²) in [6.07, 6.45) is 1.31. The molecule has 2 unspecified atom stereocenters. The number of halogens is 1. The Hall–Kier alpha value is -2.53. The fraction of sp³-hybridized carbons (Fsp3) is 0.417. The van der Waals surface area contributed by atoms with Crippen molar-refractivity contribution >= 4 is 23.4 Å². The second-order valence-corrected chi connectivity index (χ2v) is 7.82. The predicted octanol–water partition coefficient (Wildman–Crippen LogP) is 4.75. The molecule has 6 heteroatoms. The van der Waals surface area contributed by atoms with Crippen molar-refractivity contribution in [3.63, 3.8) is 0 Å². The maximum absolute atomic E-state index is 13.2. The number of hydrogen-bond donors (Lipinski definition) is 1. The number of benzene rings is 2. The van der Waals surface area contributed by atoms with E-state index in [0.29, 0.717) is 17.2 Å². The first kappa shape index (κ1) is 23.7. The van der Waals surface area contributed by atoms with Crippen LogP contribution in [-0.4, -0.2) is 35.4 Å². The molecule has 0 fully saturated rings. The van der Waals surface area contributed by atoms with Gasteiger partial charge in [0.1, 0.15) is 11.8 Å². The van der Waals surface area contributed by atoms with Crippen LogP contribution in [0, 0.1) is 6.92 Å². The van der Waals surface area contributed by atoms with Crippen molar-refractivity contribution < 1.29 is 14.3 Å². The van der Waals surface area contributed by atoms with Crippen molar-refractivity contribution in [2.75, 3.05) is 6.61 Å². The molecule has 0 saturated heterocycles. The fourth-order valence-corrected chi connectivity index (χ4v) is 3.31. The van der Waals surface area contributed by atoms with Gasteiger partial charge in [0.05, 0.1) is 0 Å². The van der Waals surface area contributed by atoms with Crippen LogP contribution < -0.4 is 10.1 Å². The molecule has 0 bridgehead atoms. The number of ether oxygens (including phenoxy) is 1. The van der Waals surface area contributed by atoms with E-state index in [1.54, 1.807) is 11.0 Å². The topological polar surface area (TPSA) is 58.6 Å². The standard InChI is InChI=1S/C24H31ClN2O3/c1-5-18(4)26-24(29)21(6-2)27(15-19-12-8-9-13-20(19)25)23(28)16-30-22-14-10-7-11-17(22)3/h7-14,18,21H,5-6,15-16H2,1-4H3,(H,26,29).